The number of likely N-dealkylation sites (tertiary alicyclic amines) is 1. The number of thioether (sulfide) groups is 1. The van der Waals surface area contributed by atoms with Gasteiger partial charge in [0.2, 0.25) is 0 Å². The molecule has 4 rings (SSSR count). The third kappa shape index (κ3) is 4.19. The number of hydrogen-bond donors (Lipinski definition) is 1. The molecular weight excluding hydrogens is 394 g/mol. The van der Waals surface area contributed by atoms with E-state index >= 15 is 0 Å². The Morgan fingerprint density at radius 2 is 1.80 bits per heavy atom. The van der Waals surface area contributed by atoms with Crippen LogP contribution in [0.15, 0.2) is 48.5 Å². The maximum Gasteiger partial charge on any atom is 0.321 e. The minimum atomic E-state index is -0.194. The molecule has 2 aliphatic heterocycles. The summed E-state index contributed by atoms with van der Waals surface area (Å²) < 4.78 is 0. The van der Waals surface area contributed by atoms with Crippen LogP contribution in [0.2, 0.25) is 0 Å². The van der Waals surface area contributed by atoms with Gasteiger partial charge in [-0.1, -0.05) is 36.8 Å². The highest BCUT2D eigenvalue weighted by Gasteiger charge is 2.47. The highest BCUT2D eigenvalue weighted by Crippen LogP contribution is 2.44. The zero-order valence-corrected chi connectivity index (χ0v) is 18.5. The van der Waals surface area contributed by atoms with Crippen molar-refractivity contribution in [3.63, 3.8) is 0 Å². The first-order valence-electron chi connectivity index (χ1n) is 10.7. The summed E-state index contributed by atoms with van der Waals surface area (Å²) in [5.74, 6) is 1.06. The molecule has 1 spiro atoms. The fourth-order valence-electron chi connectivity index (χ4n) is 4.33. The number of rotatable bonds is 3. The van der Waals surface area contributed by atoms with Gasteiger partial charge in [0.15, 0.2) is 0 Å². The van der Waals surface area contributed by atoms with Crippen LogP contribution in [0.25, 0.3) is 0 Å². The van der Waals surface area contributed by atoms with Gasteiger partial charge in [0.1, 0.15) is 0 Å². The topological polar surface area (TPSA) is 52.7 Å². The molecule has 0 unspecified atom stereocenters. The van der Waals surface area contributed by atoms with Crippen LogP contribution in [0, 0.1) is 6.92 Å². The normalized spacial score (nSPS) is 17.9. The smallest absolute Gasteiger partial charge is 0.321 e. The van der Waals surface area contributed by atoms with Crippen molar-refractivity contribution in [2.24, 2.45) is 0 Å². The van der Waals surface area contributed by atoms with Crippen molar-refractivity contribution in [2.45, 2.75) is 38.0 Å². The zero-order chi connectivity index (χ0) is 21.1. The summed E-state index contributed by atoms with van der Waals surface area (Å²) in [6.45, 7) is 6.21. The molecule has 0 saturated carbocycles. The summed E-state index contributed by atoms with van der Waals surface area (Å²) in [7, 11) is 0. The molecule has 5 nitrogen and oxygen atoms in total. The Balaban J connectivity index is 1.39. The van der Waals surface area contributed by atoms with Crippen molar-refractivity contribution in [3.05, 3.63) is 65.2 Å². The Morgan fingerprint density at radius 1 is 1.07 bits per heavy atom. The van der Waals surface area contributed by atoms with Crippen LogP contribution in [-0.4, -0.2) is 52.0 Å². The van der Waals surface area contributed by atoms with Crippen molar-refractivity contribution in [2.75, 3.05) is 30.7 Å². The van der Waals surface area contributed by atoms with E-state index in [0.717, 1.165) is 48.4 Å². The number of piperidine rings is 1. The molecule has 0 radical (unpaired) electrons. The van der Waals surface area contributed by atoms with Gasteiger partial charge >= 0.3 is 6.03 Å². The molecule has 2 aromatic rings. The Kier molecular flexibility index (Phi) is 6.04. The molecule has 2 saturated heterocycles. The molecule has 0 aromatic heterocycles. The molecule has 3 amide bonds. The van der Waals surface area contributed by atoms with E-state index in [9.17, 15) is 9.59 Å². The first-order valence-corrected chi connectivity index (χ1v) is 11.7. The maximum atomic E-state index is 13.2. The van der Waals surface area contributed by atoms with Gasteiger partial charge in [-0.25, -0.2) is 4.79 Å². The van der Waals surface area contributed by atoms with Crippen LogP contribution in [0.5, 0.6) is 0 Å². The molecule has 0 atom stereocenters. The summed E-state index contributed by atoms with van der Waals surface area (Å²) in [6.07, 6.45) is 2.59. The van der Waals surface area contributed by atoms with E-state index in [4.69, 9.17) is 0 Å². The lowest BCUT2D eigenvalue weighted by molar-refractivity contribution is 0.0585. The Hall–Kier alpha value is -2.47. The third-order valence-corrected chi connectivity index (χ3v) is 7.69. The predicted octanol–water partition coefficient (Wildman–Crippen LogP) is 4.77. The second-order valence-corrected chi connectivity index (χ2v) is 9.55. The van der Waals surface area contributed by atoms with Crippen LogP contribution < -0.4 is 5.32 Å². The van der Waals surface area contributed by atoms with Gasteiger partial charge in [0.25, 0.3) is 5.91 Å². The Morgan fingerprint density at radius 3 is 2.47 bits per heavy atom. The molecule has 2 fully saturated rings. The SMILES string of the molecule is CCc1ccc(NC(=O)N2CCC3(CC2)SCCN3C(=O)c2cccc(C)c2)cc1. The molecule has 0 aliphatic carbocycles. The van der Waals surface area contributed by atoms with E-state index in [1.54, 1.807) is 0 Å². The van der Waals surface area contributed by atoms with E-state index < -0.39 is 0 Å². The second kappa shape index (κ2) is 8.72. The molecular formula is C24H29N3O2S. The van der Waals surface area contributed by atoms with Crippen LogP contribution >= 0.6 is 11.8 Å². The van der Waals surface area contributed by atoms with Crippen molar-refractivity contribution in [1.29, 1.82) is 0 Å². The minimum Gasteiger partial charge on any atom is -0.324 e. The van der Waals surface area contributed by atoms with Gasteiger partial charge in [-0.05, 0) is 56.0 Å². The largest absolute Gasteiger partial charge is 0.324 e. The third-order valence-electron chi connectivity index (χ3n) is 6.13. The van der Waals surface area contributed by atoms with Crippen LogP contribution in [0.4, 0.5) is 10.5 Å². The molecule has 0 bridgehead atoms. The predicted molar refractivity (Wildman–Crippen MR) is 123 cm³/mol. The lowest BCUT2D eigenvalue weighted by Crippen LogP contribution is -2.54. The van der Waals surface area contributed by atoms with Crippen LogP contribution in [0.3, 0.4) is 0 Å². The highest BCUT2D eigenvalue weighted by atomic mass is 32.2. The van der Waals surface area contributed by atoms with Crippen molar-refractivity contribution < 1.29 is 9.59 Å². The number of carbonyl (C=O) groups excluding carboxylic acids is 2. The number of benzene rings is 2. The molecule has 6 heteroatoms. The lowest BCUT2D eigenvalue weighted by atomic mass is 10.0. The fourth-order valence-corrected chi connectivity index (χ4v) is 5.78. The Bertz CT molecular complexity index is 920. The first-order chi connectivity index (χ1) is 14.5. The molecule has 158 valence electrons. The van der Waals surface area contributed by atoms with Gasteiger partial charge in [0, 0.05) is 36.6 Å². The highest BCUT2D eigenvalue weighted by molar-refractivity contribution is 8.00. The first kappa shape index (κ1) is 20.8. The molecule has 1 N–H and O–H groups in total. The number of urea groups is 1. The molecule has 2 aromatic carbocycles. The van der Waals surface area contributed by atoms with Crippen LogP contribution in [0.1, 0.15) is 41.3 Å². The summed E-state index contributed by atoms with van der Waals surface area (Å²) >= 11 is 1.87. The minimum absolute atomic E-state index is 0.0614. The quantitative estimate of drug-likeness (QED) is 0.774. The summed E-state index contributed by atoms with van der Waals surface area (Å²) in [4.78, 5) is 29.6. The van der Waals surface area contributed by atoms with E-state index in [1.165, 1.54) is 5.56 Å². The van der Waals surface area contributed by atoms with Gasteiger partial charge in [-0.15, -0.1) is 11.8 Å². The molecule has 2 aliphatic rings. The standard InChI is InChI=1S/C24H29N3O2S/c1-3-19-7-9-21(10-8-19)25-23(29)26-13-11-24(12-14-26)27(15-16-30-24)22(28)20-6-4-5-18(2)17-20/h4-10,17H,3,11-16H2,1-2H3,(H,25,29). The fraction of sp³-hybridized carbons (Fsp3) is 0.417. The average Bonchev–Trinajstić information content (AvgIpc) is 3.17. The number of aryl methyl sites for hydroxylation is 2. The number of nitrogens with zero attached hydrogens (tertiary/aromatic N) is 2. The zero-order valence-electron chi connectivity index (χ0n) is 17.7. The number of nitrogens with one attached hydrogen (secondary N) is 1. The molecule has 2 heterocycles. The van der Waals surface area contributed by atoms with Gasteiger partial charge in [0.05, 0.1) is 4.87 Å². The van der Waals surface area contributed by atoms with Gasteiger partial charge in [-0.3, -0.25) is 4.79 Å². The van der Waals surface area contributed by atoms with Gasteiger partial charge < -0.3 is 15.1 Å². The second-order valence-electron chi connectivity index (χ2n) is 8.09. The summed E-state index contributed by atoms with van der Waals surface area (Å²) in [5.41, 5.74) is 3.93. The van der Waals surface area contributed by atoms with E-state index in [-0.39, 0.29) is 16.8 Å². The number of amides is 3. The maximum absolute atomic E-state index is 13.2. The van der Waals surface area contributed by atoms with Crippen molar-refractivity contribution >= 4 is 29.4 Å². The van der Waals surface area contributed by atoms with E-state index in [1.807, 2.05) is 77.0 Å². The number of hydrogen-bond acceptors (Lipinski definition) is 3. The summed E-state index contributed by atoms with van der Waals surface area (Å²) in [5, 5.41) is 3.01. The number of anilines is 1. The summed E-state index contributed by atoms with van der Waals surface area (Å²) in [6, 6.07) is 15.8. The van der Waals surface area contributed by atoms with Crippen molar-refractivity contribution in [3.8, 4) is 0 Å². The average molecular weight is 424 g/mol. The monoisotopic (exact) mass is 423 g/mol. The molecule has 30 heavy (non-hydrogen) atoms. The van der Waals surface area contributed by atoms with E-state index in [2.05, 4.69) is 12.2 Å². The number of carbonyl (C=O) groups is 2. The Labute approximate surface area is 182 Å². The van der Waals surface area contributed by atoms with E-state index in [0.29, 0.717) is 13.1 Å². The van der Waals surface area contributed by atoms with Gasteiger partial charge in [-0.2, -0.15) is 0 Å². The van der Waals surface area contributed by atoms with Crippen molar-refractivity contribution in [1.82, 2.24) is 9.80 Å². The lowest BCUT2D eigenvalue weighted by Gasteiger charge is -2.44. The van der Waals surface area contributed by atoms with Crippen LogP contribution in [-0.2, 0) is 6.42 Å².